The van der Waals surface area contributed by atoms with E-state index in [-0.39, 0.29) is 4.90 Å². The summed E-state index contributed by atoms with van der Waals surface area (Å²) < 4.78 is 45.7. The summed E-state index contributed by atoms with van der Waals surface area (Å²) in [5.41, 5.74) is 0.834. The van der Waals surface area contributed by atoms with Crippen LogP contribution < -0.4 is 0 Å². The zero-order chi connectivity index (χ0) is 26.4. The van der Waals surface area contributed by atoms with Crippen LogP contribution in [-0.4, -0.2) is 44.7 Å². The van der Waals surface area contributed by atoms with Gasteiger partial charge in [0, 0.05) is 13.5 Å². The van der Waals surface area contributed by atoms with Crippen LogP contribution in [0, 0.1) is 0 Å². The molecule has 1 heterocycles. The van der Waals surface area contributed by atoms with E-state index in [1.165, 1.54) is 32.6 Å². The number of unbranched alkanes of at least 4 members (excludes halogenated alkanes) is 6. The molecule has 0 aliphatic carbocycles. The largest absolute Gasteiger partial charge is 0.458 e. The van der Waals surface area contributed by atoms with Gasteiger partial charge in [0.1, 0.15) is 11.4 Å². The van der Waals surface area contributed by atoms with Crippen LogP contribution in [0.4, 0.5) is 0 Å². The Hall–Kier alpha value is -1.70. The molecule has 0 aromatic heterocycles. The van der Waals surface area contributed by atoms with Crippen LogP contribution in [0.3, 0.4) is 0 Å². The van der Waals surface area contributed by atoms with E-state index >= 15 is 0 Å². The lowest BCUT2D eigenvalue weighted by Crippen LogP contribution is -2.47. The van der Waals surface area contributed by atoms with Crippen molar-refractivity contribution in [1.29, 1.82) is 0 Å². The van der Waals surface area contributed by atoms with Crippen LogP contribution in [0.2, 0.25) is 0 Å². The van der Waals surface area contributed by atoms with Crippen molar-refractivity contribution >= 4 is 15.8 Å². The van der Waals surface area contributed by atoms with Crippen LogP contribution >= 0.6 is 0 Å². The fourth-order valence-electron chi connectivity index (χ4n) is 4.63. The molecule has 0 spiro atoms. The summed E-state index contributed by atoms with van der Waals surface area (Å²) in [6.07, 6.45) is 11.0. The summed E-state index contributed by atoms with van der Waals surface area (Å²) in [5.74, 6) is -0.520. The highest BCUT2D eigenvalue weighted by Gasteiger charge is 2.41. The third-order valence-corrected chi connectivity index (χ3v) is 8.53. The average Bonchev–Trinajstić information content (AvgIpc) is 2.85. The van der Waals surface area contributed by atoms with Crippen LogP contribution in [0.25, 0.3) is 0 Å². The Labute approximate surface area is 218 Å². The molecule has 7 heteroatoms. The van der Waals surface area contributed by atoms with Crippen molar-refractivity contribution in [2.45, 2.75) is 127 Å². The Kier molecular flexibility index (Phi) is 13.7. The first kappa shape index (κ1) is 30.5. The molecule has 1 aliphatic heterocycles. The van der Waals surface area contributed by atoms with Gasteiger partial charge in [0.05, 0.1) is 11.0 Å². The summed E-state index contributed by atoms with van der Waals surface area (Å²) in [6.45, 7) is 7.86. The number of esters is 1. The number of carbonyl (C=O) groups excluding carboxylic acids is 1. The molecule has 1 fully saturated rings. The number of benzene rings is 1. The molecule has 1 saturated heterocycles. The number of sulfone groups is 1. The summed E-state index contributed by atoms with van der Waals surface area (Å²) >= 11 is 0. The molecule has 0 radical (unpaired) electrons. The summed E-state index contributed by atoms with van der Waals surface area (Å²) in [4.78, 5) is 12.5. The van der Waals surface area contributed by atoms with Crippen molar-refractivity contribution < 1.29 is 27.4 Å². The molecular weight excluding hydrogens is 476 g/mol. The third kappa shape index (κ3) is 10.3. The molecule has 1 aromatic rings. The first-order valence-corrected chi connectivity index (χ1v) is 15.2. The minimum absolute atomic E-state index is 0.202. The molecular formula is C29H46O6S. The number of carbonyl (C=O) groups is 1. The van der Waals surface area contributed by atoms with Crippen molar-refractivity contribution in [3.63, 3.8) is 0 Å². The van der Waals surface area contributed by atoms with Crippen LogP contribution in [0.1, 0.15) is 98.3 Å². The maximum Gasteiger partial charge on any atom is 0.303 e. The fraction of sp³-hybridized carbons (Fsp3) is 0.690. The van der Waals surface area contributed by atoms with E-state index in [2.05, 4.69) is 6.92 Å². The third-order valence-electron chi connectivity index (χ3n) is 6.48. The SMILES string of the molecule is CCCCCCCCCC(OC1CCCCO1)C(OC(C)=O)C(C=C(C)C)S(=O)(=O)c1ccccc1. The number of hydrogen-bond donors (Lipinski definition) is 0. The smallest absolute Gasteiger partial charge is 0.303 e. The Balaban J connectivity index is 2.34. The lowest BCUT2D eigenvalue weighted by Gasteiger charge is -2.35. The summed E-state index contributed by atoms with van der Waals surface area (Å²) in [6, 6.07) is 8.36. The maximum atomic E-state index is 13.8. The highest BCUT2D eigenvalue weighted by atomic mass is 32.2. The quantitative estimate of drug-likeness (QED) is 0.135. The second kappa shape index (κ2) is 16.2. The van der Waals surface area contributed by atoms with Crippen LogP contribution in [0.15, 0.2) is 46.9 Å². The van der Waals surface area contributed by atoms with E-state index in [0.717, 1.165) is 44.1 Å². The van der Waals surface area contributed by atoms with Gasteiger partial charge in [-0.15, -0.1) is 0 Å². The monoisotopic (exact) mass is 522 g/mol. The summed E-state index contributed by atoms with van der Waals surface area (Å²) in [7, 11) is -3.85. The van der Waals surface area contributed by atoms with Crippen LogP contribution in [0.5, 0.6) is 0 Å². The maximum absolute atomic E-state index is 13.8. The molecule has 36 heavy (non-hydrogen) atoms. The van der Waals surface area contributed by atoms with Gasteiger partial charge in [-0.3, -0.25) is 4.79 Å². The highest BCUT2D eigenvalue weighted by Crippen LogP contribution is 2.29. The predicted molar refractivity (Wildman–Crippen MR) is 143 cm³/mol. The lowest BCUT2D eigenvalue weighted by atomic mass is 10.00. The van der Waals surface area contributed by atoms with E-state index in [1.54, 1.807) is 36.4 Å². The normalized spacial score (nSPS) is 18.7. The Morgan fingerprint density at radius 3 is 2.28 bits per heavy atom. The number of ether oxygens (including phenoxy) is 3. The fourth-order valence-corrected chi connectivity index (χ4v) is 6.51. The molecule has 6 nitrogen and oxygen atoms in total. The molecule has 204 valence electrons. The number of rotatable bonds is 16. The average molecular weight is 523 g/mol. The van der Waals surface area contributed by atoms with E-state index in [0.29, 0.717) is 13.0 Å². The molecule has 0 N–H and O–H groups in total. The van der Waals surface area contributed by atoms with Crippen LogP contribution in [-0.2, 0) is 28.8 Å². The van der Waals surface area contributed by atoms with Gasteiger partial charge in [-0.05, 0) is 51.7 Å². The molecule has 0 saturated carbocycles. The van der Waals surface area contributed by atoms with E-state index < -0.39 is 39.6 Å². The van der Waals surface area contributed by atoms with E-state index in [9.17, 15) is 13.2 Å². The van der Waals surface area contributed by atoms with Gasteiger partial charge in [-0.2, -0.15) is 0 Å². The number of hydrogen-bond acceptors (Lipinski definition) is 6. The second-order valence-corrected chi connectivity index (χ2v) is 12.1. The van der Waals surface area contributed by atoms with Gasteiger partial charge in [-0.25, -0.2) is 8.42 Å². The standard InChI is InChI=1S/C29H46O6S/c1-5-6-7-8-9-10-14-19-26(35-28-20-15-16-21-33-28)29(34-24(4)30)27(22-23(2)3)36(31,32)25-17-12-11-13-18-25/h11-13,17-18,22,26-29H,5-10,14-16,19-21H2,1-4H3. The van der Waals surface area contributed by atoms with E-state index in [1.807, 2.05) is 13.8 Å². The van der Waals surface area contributed by atoms with Crippen molar-refractivity contribution in [2.75, 3.05) is 6.61 Å². The zero-order valence-electron chi connectivity index (χ0n) is 22.6. The van der Waals surface area contributed by atoms with Gasteiger partial charge < -0.3 is 14.2 Å². The van der Waals surface area contributed by atoms with E-state index in [4.69, 9.17) is 14.2 Å². The molecule has 1 aromatic carbocycles. The Morgan fingerprint density at radius 1 is 1.03 bits per heavy atom. The van der Waals surface area contributed by atoms with Gasteiger partial charge in [-0.1, -0.05) is 81.7 Å². The number of allylic oxidation sites excluding steroid dienone is 1. The van der Waals surface area contributed by atoms with Gasteiger partial charge in [0.25, 0.3) is 0 Å². The van der Waals surface area contributed by atoms with Crippen molar-refractivity contribution in [3.05, 3.63) is 42.0 Å². The first-order chi connectivity index (χ1) is 17.3. The van der Waals surface area contributed by atoms with Crippen molar-refractivity contribution in [1.82, 2.24) is 0 Å². The highest BCUT2D eigenvalue weighted by molar-refractivity contribution is 7.92. The molecule has 1 aliphatic rings. The van der Waals surface area contributed by atoms with Gasteiger partial charge in [0.15, 0.2) is 16.1 Å². The van der Waals surface area contributed by atoms with Crippen molar-refractivity contribution in [3.8, 4) is 0 Å². The predicted octanol–water partition coefficient (Wildman–Crippen LogP) is 6.78. The minimum atomic E-state index is -3.85. The minimum Gasteiger partial charge on any atom is -0.458 e. The molecule has 4 unspecified atom stereocenters. The second-order valence-electron chi connectivity index (χ2n) is 10.0. The molecule has 2 rings (SSSR count). The van der Waals surface area contributed by atoms with Crippen molar-refractivity contribution in [2.24, 2.45) is 0 Å². The lowest BCUT2D eigenvalue weighted by molar-refractivity contribution is -0.213. The summed E-state index contributed by atoms with van der Waals surface area (Å²) in [5, 5.41) is -1.06. The topological polar surface area (TPSA) is 78.9 Å². The van der Waals surface area contributed by atoms with Gasteiger partial charge >= 0.3 is 5.97 Å². The molecule has 0 amide bonds. The Bertz CT molecular complexity index is 886. The Morgan fingerprint density at radius 2 is 1.69 bits per heavy atom. The molecule has 0 bridgehead atoms. The zero-order valence-corrected chi connectivity index (χ0v) is 23.4. The molecule has 4 atom stereocenters. The first-order valence-electron chi connectivity index (χ1n) is 13.6. The van der Waals surface area contributed by atoms with Gasteiger partial charge in [0.2, 0.25) is 0 Å².